The van der Waals surface area contributed by atoms with Gasteiger partial charge in [-0.15, -0.1) is 0 Å². The van der Waals surface area contributed by atoms with Crippen LogP contribution < -0.4 is 5.56 Å². The van der Waals surface area contributed by atoms with Crippen molar-refractivity contribution in [2.45, 2.75) is 31.8 Å². The summed E-state index contributed by atoms with van der Waals surface area (Å²) in [5, 5.41) is 0. The van der Waals surface area contributed by atoms with Crippen molar-refractivity contribution >= 4 is 5.91 Å². The van der Waals surface area contributed by atoms with Crippen molar-refractivity contribution in [3.05, 3.63) is 46.6 Å². The number of nitrogens with one attached hydrogen (secondary N) is 1. The fraction of sp³-hybridized carbons (Fsp3) is 0.444. The van der Waals surface area contributed by atoms with Crippen LogP contribution in [0.3, 0.4) is 0 Å². The van der Waals surface area contributed by atoms with Gasteiger partial charge in [-0.2, -0.15) is 0 Å². The summed E-state index contributed by atoms with van der Waals surface area (Å²) in [7, 11) is 1.70. The Bertz CT molecular complexity index is 769. The highest BCUT2D eigenvalue weighted by molar-refractivity contribution is 5.93. The Morgan fingerprint density at radius 3 is 3.00 bits per heavy atom. The van der Waals surface area contributed by atoms with E-state index in [9.17, 15) is 9.59 Å². The maximum Gasteiger partial charge on any atom is 0.264 e. The van der Waals surface area contributed by atoms with Crippen molar-refractivity contribution in [2.75, 3.05) is 20.2 Å². The van der Waals surface area contributed by atoms with Gasteiger partial charge in [-0.1, -0.05) is 0 Å². The number of rotatable bonds is 6. The molecule has 0 bridgehead atoms. The van der Waals surface area contributed by atoms with E-state index in [1.807, 2.05) is 0 Å². The van der Waals surface area contributed by atoms with Crippen molar-refractivity contribution < 1.29 is 9.53 Å². The summed E-state index contributed by atoms with van der Waals surface area (Å²) >= 11 is 0. The predicted molar refractivity (Wildman–Crippen MR) is 93.3 cm³/mol. The van der Waals surface area contributed by atoms with Crippen LogP contribution in [0.25, 0.3) is 11.4 Å². The largest absolute Gasteiger partial charge is 0.378 e. The smallest absolute Gasteiger partial charge is 0.264 e. The number of nitrogens with zero attached hydrogens (tertiary/aromatic N) is 3. The predicted octanol–water partition coefficient (Wildman–Crippen LogP) is 1.86. The van der Waals surface area contributed by atoms with Crippen LogP contribution in [0.2, 0.25) is 0 Å². The summed E-state index contributed by atoms with van der Waals surface area (Å²) in [4.78, 5) is 37.1. The molecular weight excluding hydrogens is 320 g/mol. The van der Waals surface area contributed by atoms with Gasteiger partial charge in [0.15, 0.2) is 0 Å². The second-order valence-electron chi connectivity index (χ2n) is 6.22. The topological polar surface area (TPSA) is 88.2 Å². The molecule has 0 spiro atoms. The zero-order valence-electron chi connectivity index (χ0n) is 14.3. The minimum atomic E-state index is -0.440. The Kier molecular flexibility index (Phi) is 5.55. The van der Waals surface area contributed by atoms with Gasteiger partial charge in [0.1, 0.15) is 11.4 Å². The third-order valence-electron chi connectivity index (χ3n) is 4.35. The fourth-order valence-electron chi connectivity index (χ4n) is 2.93. The first-order valence-electron chi connectivity index (χ1n) is 8.52. The highest BCUT2D eigenvalue weighted by Gasteiger charge is 2.19. The first kappa shape index (κ1) is 17.3. The number of carbonyl (C=O) groups is 1. The van der Waals surface area contributed by atoms with E-state index in [4.69, 9.17) is 4.74 Å². The second-order valence-corrected chi connectivity index (χ2v) is 6.22. The molecule has 1 unspecified atom stereocenters. The molecule has 7 nitrogen and oxygen atoms in total. The molecule has 0 aromatic carbocycles. The van der Waals surface area contributed by atoms with Crippen LogP contribution in [0, 0.1) is 0 Å². The summed E-state index contributed by atoms with van der Waals surface area (Å²) in [6.45, 7) is 1.42. The zero-order chi connectivity index (χ0) is 17.6. The number of amides is 1. The zero-order valence-corrected chi connectivity index (χ0v) is 14.3. The molecule has 2 aromatic rings. The van der Waals surface area contributed by atoms with Crippen LogP contribution >= 0.6 is 0 Å². The molecule has 0 saturated carbocycles. The molecule has 7 heteroatoms. The lowest BCUT2D eigenvalue weighted by molar-refractivity contribution is 0.0761. The fourth-order valence-corrected chi connectivity index (χ4v) is 2.93. The number of hydrogen-bond donors (Lipinski definition) is 1. The van der Waals surface area contributed by atoms with Crippen LogP contribution in [0.15, 0.2) is 35.5 Å². The maximum atomic E-state index is 12.5. The number of carbonyl (C=O) groups excluding carboxylic acids is 1. The molecule has 1 amide bonds. The molecule has 0 radical (unpaired) electrons. The van der Waals surface area contributed by atoms with Crippen LogP contribution in [0.4, 0.5) is 0 Å². The number of hydrogen-bond acceptors (Lipinski definition) is 5. The molecule has 25 heavy (non-hydrogen) atoms. The van der Waals surface area contributed by atoms with Crippen molar-refractivity contribution in [2.24, 2.45) is 0 Å². The van der Waals surface area contributed by atoms with Crippen LogP contribution in [-0.4, -0.2) is 52.1 Å². The Morgan fingerprint density at radius 2 is 2.32 bits per heavy atom. The van der Waals surface area contributed by atoms with E-state index in [0.29, 0.717) is 24.0 Å². The molecule has 1 aliphatic rings. The molecule has 132 valence electrons. The summed E-state index contributed by atoms with van der Waals surface area (Å²) in [5.74, 6) is 0.0783. The van der Waals surface area contributed by atoms with Crippen molar-refractivity contribution in [1.82, 2.24) is 19.9 Å². The molecule has 1 atom stereocenters. The molecule has 3 heterocycles. The third-order valence-corrected chi connectivity index (χ3v) is 4.35. The Morgan fingerprint density at radius 1 is 1.44 bits per heavy atom. The van der Waals surface area contributed by atoms with Crippen molar-refractivity contribution in [1.29, 1.82) is 0 Å². The average Bonchev–Trinajstić information content (AvgIpc) is 3.15. The summed E-state index contributed by atoms with van der Waals surface area (Å²) in [5.41, 5.74) is 0.306. The first-order valence-corrected chi connectivity index (χ1v) is 8.52. The van der Waals surface area contributed by atoms with Gasteiger partial charge in [0.25, 0.3) is 11.5 Å². The van der Waals surface area contributed by atoms with Gasteiger partial charge in [0.05, 0.1) is 6.10 Å². The van der Waals surface area contributed by atoms with Gasteiger partial charge in [-0.3, -0.25) is 14.6 Å². The van der Waals surface area contributed by atoms with Gasteiger partial charge in [-0.05, 0) is 37.8 Å². The van der Waals surface area contributed by atoms with E-state index in [1.54, 1.807) is 36.5 Å². The van der Waals surface area contributed by atoms with Gasteiger partial charge >= 0.3 is 0 Å². The van der Waals surface area contributed by atoms with Crippen LogP contribution in [0.1, 0.15) is 36.0 Å². The lowest BCUT2D eigenvalue weighted by Gasteiger charge is -2.18. The number of aromatic amines is 1. The van der Waals surface area contributed by atoms with E-state index < -0.39 is 5.56 Å². The average molecular weight is 342 g/mol. The van der Waals surface area contributed by atoms with E-state index in [0.717, 1.165) is 32.3 Å². The number of aromatic nitrogens is 3. The molecule has 1 N–H and O–H groups in total. The first-order chi connectivity index (χ1) is 12.1. The quantitative estimate of drug-likeness (QED) is 0.866. The van der Waals surface area contributed by atoms with Gasteiger partial charge in [-0.25, -0.2) is 4.98 Å². The summed E-state index contributed by atoms with van der Waals surface area (Å²) < 4.78 is 5.58. The molecule has 3 rings (SSSR count). The van der Waals surface area contributed by atoms with Crippen LogP contribution in [-0.2, 0) is 4.74 Å². The SMILES string of the molecule is CN(CCCC1CCCO1)C(=O)c1cnc(-c2cccnc2)[nH]c1=O. The number of H-pyrrole nitrogens is 1. The number of pyridine rings is 1. The molecule has 1 fully saturated rings. The normalized spacial score (nSPS) is 16.8. The molecule has 1 aliphatic heterocycles. The Balaban J connectivity index is 1.62. The highest BCUT2D eigenvalue weighted by Crippen LogP contribution is 2.17. The molecule has 1 saturated heterocycles. The lowest BCUT2D eigenvalue weighted by atomic mass is 10.1. The van der Waals surface area contributed by atoms with E-state index in [2.05, 4.69) is 15.0 Å². The maximum absolute atomic E-state index is 12.5. The van der Waals surface area contributed by atoms with Gasteiger partial charge < -0.3 is 14.6 Å². The van der Waals surface area contributed by atoms with Crippen LogP contribution in [0.5, 0.6) is 0 Å². The molecule has 0 aliphatic carbocycles. The minimum Gasteiger partial charge on any atom is -0.378 e. The third kappa shape index (κ3) is 4.30. The molecule has 2 aromatic heterocycles. The highest BCUT2D eigenvalue weighted by atomic mass is 16.5. The van der Waals surface area contributed by atoms with Gasteiger partial charge in [0.2, 0.25) is 0 Å². The standard InChI is InChI=1S/C18H22N4O3/c1-22(9-3-6-14-7-4-10-25-14)18(24)15-12-20-16(21-17(15)23)13-5-2-8-19-11-13/h2,5,8,11-12,14H,3-4,6-7,9-10H2,1H3,(H,20,21,23). The monoisotopic (exact) mass is 342 g/mol. The number of ether oxygens (including phenoxy) is 1. The summed E-state index contributed by atoms with van der Waals surface area (Å²) in [6.07, 6.45) is 8.90. The second kappa shape index (κ2) is 8.02. The van der Waals surface area contributed by atoms with E-state index in [-0.39, 0.29) is 11.5 Å². The van der Waals surface area contributed by atoms with E-state index >= 15 is 0 Å². The Hall–Kier alpha value is -2.54. The van der Waals surface area contributed by atoms with Crippen molar-refractivity contribution in [3.8, 4) is 11.4 Å². The minimum absolute atomic E-state index is 0.0484. The summed E-state index contributed by atoms with van der Waals surface area (Å²) in [6, 6.07) is 3.56. The van der Waals surface area contributed by atoms with E-state index in [1.165, 1.54) is 6.20 Å². The van der Waals surface area contributed by atoms with Gasteiger partial charge in [0, 0.05) is 44.4 Å². The lowest BCUT2D eigenvalue weighted by Crippen LogP contribution is -2.33. The van der Waals surface area contributed by atoms with Crippen molar-refractivity contribution in [3.63, 3.8) is 0 Å². The Labute approximate surface area is 146 Å². The molecular formula is C18H22N4O3.